The Labute approximate surface area is 122 Å². The lowest BCUT2D eigenvalue weighted by Crippen LogP contribution is -2.39. The second kappa shape index (κ2) is 6.24. The van der Waals surface area contributed by atoms with Gasteiger partial charge >= 0.3 is 0 Å². The summed E-state index contributed by atoms with van der Waals surface area (Å²) in [6, 6.07) is 5.73. The van der Waals surface area contributed by atoms with Gasteiger partial charge in [-0.2, -0.15) is 0 Å². The molecule has 1 saturated carbocycles. The maximum Gasteiger partial charge on any atom is 0.256 e. The molecule has 0 atom stereocenters. The topological polar surface area (TPSA) is 46.3 Å². The largest absolute Gasteiger partial charge is 0.398 e. The average Bonchev–Trinajstić information content (AvgIpc) is 2.92. The van der Waals surface area contributed by atoms with Crippen molar-refractivity contribution in [3.8, 4) is 0 Å². The predicted molar refractivity (Wildman–Crippen MR) is 82.0 cm³/mol. The quantitative estimate of drug-likeness (QED) is 0.680. The number of nitrogens with two attached hydrogens (primary N) is 1. The van der Waals surface area contributed by atoms with Gasteiger partial charge in [-0.25, -0.2) is 0 Å². The number of hydrogen-bond donors (Lipinski definition) is 1. The molecule has 1 aromatic rings. The van der Waals surface area contributed by atoms with Gasteiger partial charge in [0.05, 0.1) is 5.56 Å². The van der Waals surface area contributed by atoms with E-state index in [9.17, 15) is 4.79 Å². The third-order valence-electron chi connectivity index (χ3n) is 3.60. The molecular formula is C15H19BrN2O. The van der Waals surface area contributed by atoms with Crippen LogP contribution in [-0.4, -0.2) is 23.4 Å². The van der Waals surface area contributed by atoms with Gasteiger partial charge in [0.25, 0.3) is 5.91 Å². The molecule has 0 spiro atoms. The number of carbonyl (C=O) groups is 1. The minimum absolute atomic E-state index is 0.00519. The molecule has 0 bridgehead atoms. The Morgan fingerprint density at radius 3 is 2.79 bits per heavy atom. The summed E-state index contributed by atoms with van der Waals surface area (Å²) in [5.74, 6) is 0.00519. The molecule has 1 aromatic carbocycles. The number of benzene rings is 1. The Morgan fingerprint density at radius 2 is 2.16 bits per heavy atom. The van der Waals surface area contributed by atoms with Gasteiger partial charge in [-0.3, -0.25) is 4.79 Å². The Balaban J connectivity index is 2.27. The summed E-state index contributed by atoms with van der Waals surface area (Å²) in [5, 5.41) is 0. The van der Waals surface area contributed by atoms with Crippen molar-refractivity contribution in [2.75, 3.05) is 12.3 Å². The predicted octanol–water partition coefficient (Wildman–Crippen LogP) is 3.60. The third kappa shape index (κ3) is 3.18. The van der Waals surface area contributed by atoms with Crippen LogP contribution < -0.4 is 5.73 Å². The number of carbonyl (C=O) groups excluding carboxylic acids is 1. The fraction of sp³-hybridized carbons (Fsp3) is 0.400. The van der Waals surface area contributed by atoms with Crippen LogP contribution in [0.3, 0.4) is 0 Å². The number of anilines is 1. The van der Waals surface area contributed by atoms with Crippen LogP contribution in [-0.2, 0) is 0 Å². The van der Waals surface area contributed by atoms with Crippen molar-refractivity contribution in [2.45, 2.75) is 31.7 Å². The summed E-state index contributed by atoms with van der Waals surface area (Å²) in [6.45, 7) is 4.33. The van der Waals surface area contributed by atoms with E-state index in [0.29, 0.717) is 23.8 Å². The molecule has 4 heteroatoms. The second-order valence-corrected chi connectivity index (χ2v) is 5.83. The van der Waals surface area contributed by atoms with Gasteiger partial charge in [0, 0.05) is 22.7 Å². The second-order valence-electron chi connectivity index (χ2n) is 4.92. The standard InChI is InChI=1S/C15H19BrN2O/c1-2-9-18(12-5-3-4-6-12)15(19)13-10-11(16)7-8-14(13)17/h2,7-8,10,12H,1,3-6,9,17H2. The number of nitrogen functional groups attached to an aromatic ring is 1. The molecule has 0 aliphatic heterocycles. The molecule has 2 N–H and O–H groups in total. The van der Waals surface area contributed by atoms with E-state index in [4.69, 9.17) is 5.73 Å². The van der Waals surface area contributed by atoms with Crippen LogP contribution in [0.1, 0.15) is 36.0 Å². The van der Waals surface area contributed by atoms with Crippen molar-refractivity contribution < 1.29 is 4.79 Å². The molecular weight excluding hydrogens is 304 g/mol. The lowest BCUT2D eigenvalue weighted by atomic mass is 10.1. The number of nitrogens with zero attached hydrogens (tertiary/aromatic N) is 1. The summed E-state index contributed by atoms with van der Waals surface area (Å²) in [5.41, 5.74) is 7.03. The minimum Gasteiger partial charge on any atom is -0.398 e. The first-order chi connectivity index (χ1) is 9.13. The zero-order valence-corrected chi connectivity index (χ0v) is 12.5. The monoisotopic (exact) mass is 322 g/mol. The van der Waals surface area contributed by atoms with Crippen molar-refractivity contribution in [2.24, 2.45) is 0 Å². The van der Waals surface area contributed by atoms with Gasteiger partial charge in [-0.05, 0) is 31.0 Å². The van der Waals surface area contributed by atoms with Crippen LogP contribution in [0.15, 0.2) is 35.3 Å². The molecule has 0 heterocycles. The Morgan fingerprint density at radius 1 is 1.47 bits per heavy atom. The molecule has 1 amide bonds. The Kier molecular flexibility index (Phi) is 4.64. The fourth-order valence-electron chi connectivity index (χ4n) is 2.62. The SMILES string of the molecule is C=CCN(C(=O)c1cc(Br)ccc1N)C1CCCC1. The average molecular weight is 323 g/mol. The molecule has 2 rings (SSSR count). The Hall–Kier alpha value is -1.29. The molecule has 3 nitrogen and oxygen atoms in total. The first kappa shape index (κ1) is 14.1. The lowest BCUT2D eigenvalue weighted by Gasteiger charge is -2.28. The van der Waals surface area contributed by atoms with Crippen molar-refractivity contribution in [3.05, 3.63) is 40.9 Å². The normalized spacial score (nSPS) is 15.4. The van der Waals surface area contributed by atoms with Gasteiger partial charge in [-0.15, -0.1) is 6.58 Å². The summed E-state index contributed by atoms with van der Waals surface area (Å²) in [6.07, 6.45) is 6.32. The molecule has 0 radical (unpaired) electrons. The van der Waals surface area contributed by atoms with Crippen molar-refractivity contribution in [1.82, 2.24) is 4.90 Å². The number of amides is 1. The summed E-state index contributed by atoms with van der Waals surface area (Å²) in [7, 11) is 0. The van der Waals surface area contributed by atoms with Gasteiger partial charge < -0.3 is 10.6 Å². The van der Waals surface area contributed by atoms with Crippen LogP contribution in [0.2, 0.25) is 0 Å². The van der Waals surface area contributed by atoms with Crippen molar-refractivity contribution >= 4 is 27.5 Å². The molecule has 1 aliphatic carbocycles. The zero-order valence-electron chi connectivity index (χ0n) is 10.9. The van der Waals surface area contributed by atoms with E-state index in [1.807, 2.05) is 11.0 Å². The molecule has 0 unspecified atom stereocenters. The minimum atomic E-state index is 0.00519. The summed E-state index contributed by atoms with van der Waals surface area (Å²) < 4.78 is 0.870. The number of halogens is 1. The molecule has 102 valence electrons. The van der Waals surface area contributed by atoms with Crippen molar-refractivity contribution in [3.63, 3.8) is 0 Å². The van der Waals surface area contributed by atoms with Crippen LogP contribution in [0.25, 0.3) is 0 Å². The summed E-state index contributed by atoms with van der Waals surface area (Å²) in [4.78, 5) is 14.6. The fourth-order valence-corrected chi connectivity index (χ4v) is 2.98. The van der Waals surface area contributed by atoms with Crippen LogP contribution in [0.5, 0.6) is 0 Å². The van der Waals surface area contributed by atoms with E-state index < -0.39 is 0 Å². The van der Waals surface area contributed by atoms with E-state index in [1.165, 1.54) is 12.8 Å². The number of rotatable bonds is 4. The molecule has 1 fully saturated rings. The van der Waals surface area contributed by atoms with Gasteiger partial charge in [0.2, 0.25) is 0 Å². The zero-order chi connectivity index (χ0) is 13.8. The van der Waals surface area contributed by atoms with Gasteiger partial charge in [0.1, 0.15) is 0 Å². The van der Waals surface area contributed by atoms with Crippen LogP contribution in [0.4, 0.5) is 5.69 Å². The highest BCUT2D eigenvalue weighted by atomic mass is 79.9. The Bertz CT molecular complexity index is 481. The van der Waals surface area contributed by atoms with Crippen LogP contribution >= 0.6 is 15.9 Å². The lowest BCUT2D eigenvalue weighted by molar-refractivity contribution is 0.0707. The molecule has 0 aromatic heterocycles. The van der Waals surface area contributed by atoms with E-state index in [1.54, 1.807) is 18.2 Å². The smallest absolute Gasteiger partial charge is 0.256 e. The van der Waals surface area contributed by atoms with E-state index in [2.05, 4.69) is 22.5 Å². The van der Waals surface area contributed by atoms with Gasteiger partial charge in [-0.1, -0.05) is 34.8 Å². The highest BCUT2D eigenvalue weighted by Crippen LogP contribution is 2.27. The van der Waals surface area contributed by atoms with Crippen molar-refractivity contribution in [1.29, 1.82) is 0 Å². The molecule has 1 aliphatic rings. The molecule has 19 heavy (non-hydrogen) atoms. The van der Waals surface area contributed by atoms with Crippen LogP contribution in [0, 0.1) is 0 Å². The highest BCUT2D eigenvalue weighted by molar-refractivity contribution is 9.10. The maximum absolute atomic E-state index is 12.7. The van der Waals surface area contributed by atoms with Gasteiger partial charge in [0.15, 0.2) is 0 Å². The number of hydrogen-bond acceptors (Lipinski definition) is 2. The maximum atomic E-state index is 12.7. The highest BCUT2D eigenvalue weighted by Gasteiger charge is 2.27. The third-order valence-corrected chi connectivity index (χ3v) is 4.09. The van der Waals surface area contributed by atoms with E-state index >= 15 is 0 Å². The van der Waals surface area contributed by atoms with E-state index in [0.717, 1.165) is 17.3 Å². The van der Waals surface area contributed by atoms with E-state index in [-0.39, 0.29) is 5.91 Å². The first-order valence-corrected chi connectivity index (χ1v) is 7.39. The molecule has 0 saturated heterocycles. The first-order valence-electron chi connectivity index (χ1n) is 6.60. The summed E-state index contributed by atoms with van der Waals surface area (Å²) >= 11 is 3.39.